The van der Waals surface area contributed by atoms with Crippen LogP contribution in [0, 0.1) is 13.8 Å². The van der Waals surface area contributed by atoms with Crippen LogP contribution in [0.1, 0.15) is 17.0 Å². The number of rotatable bonds is 5. The summed E-state index contributed by atoms with van der Waals surface area (Å²) in [5.74, 6) is 0.392. The summed E-state index contributed by atoms with van der Waals surface area (Å²) in [6.07, 6.45) is 0. The number of benzene rings is 1. The summed E-state index contributed by atoms with van der Waals surface area (Å²) in [7, 11) is -1.31. The highest BCUT2D eigenvalue weighted by Crippen LogP contribution is 2.09. The Morgan fingerprint density at radius 3 is 2.60 bits per heavy atom. The summed E-state index contributed by atoms with van der Waals surface area (Å²) in [5.41, 5.74) is 2.56. The smallest absolute Gasteiger partial charge is 0.237 e. The minimum absolute atomic E-state index is 0.0619. The number of anilines is 1. The van der Waals surface area contributed by atoms with E-state index in [2.05, 4.69) is 10.5 Å². The van der Waals surface area contributed by atoms with Gasteiger partial charge in [0.15, 0.2) is 0 Å². The first-order valence-corrected chi connectivity index (χ1v) is 7.65. The van der Waals surface area contributed by atoms with Crippen LogP contribution in [0.25, 0.3) is 0 Å². The molecule has 1 N–H and O–H groups in total. The Morgan fingerprint density at radius 2 is 2.00 bits per heavy atom. The molecule has 1 aromatic carbocycles. The zero-order valence-electron chi connectivity index (χ0n) is 11.4. The van der Waals surface area contributed by atoms with Crippen molar-refractivity contribution in [3.63, 3.8) is 0 Å². The molecule has 20 heavy (non-hydrogen) atoms. The predicted molar refractivity (Wildman–Crippen MR) is 77.8 cm³/mol. The molecule has 0 bridgehead atoms. The second-order valence-corrected chi connectivity index (χ2v) is 6.03. The molecule has 0 aliphatic rings. The third kappa shape index (κ3) is 4.31. The van der Waals surface area contributed by atoms with E-state index in [0.29, 0.717) is 11.4 Å². The maximum Gasteiger partial charge on any atom is 0.237 e. The van der Waals surface area contributed by atoms with E-state index in [0.717, 1.165) is 11.3 Å². The van der Waals surface area contributed by atoms with Crippen molar-refractivity contribution < 1.29 is 13.5 Å². The summed E-state index contributed by atoms with van der Waals surface area (Å²) >= 11 is 0. The number of nitrogens with one attached hydrogen (secondary N) is 1. The zero-order chi connectivity index (χ0) is 14.5. The van der Waals surface area contributed by atoms with Gasteiger partial charge in [-0.2, -0.15) is 0 Å². The van der Waals surface area contributed by atoms with Gasteiger partial charge in [-0.25, -0.2) is 0 Å². The molecule has 0 saturated heterocycles. The van der Waals surface area contributed by atoms with Gasteiger partial charge >= 0.3 is 0 Å². The van der Waals surface area contributed by atoms with Crippen molar-refractivity contribution in [2.45, 2.75) is 19.6 Å². The number of aryl methyl sites for hydroxylation is 2. The van der Waals surface area contributed by atoms with Crippen molar-refractivity contribution in [1.82, 2.24) is 5.16 Å². The monoisotopic (exact) mass is 292 g/mol. The van der Waals surface area contributed by atoms with Crippen LogP contribution in [0.4, 0.5) is 5.69 Å². The number of carbonyl (C=O) groups is 1. The van der Waals surface area contributed by atoms with Crippen molar-refractivity contribution >= 4 is 22.4 Å². The van der Waals surface area contributed by atoms with E-state index in [9.17, 15) is 9.00 Å². The number of nitrogens with zero attached hydrogens (tertiary/aromatic N) is 1. The summed E-state index contributed by atoms with van der Waals surface area (Å²) in [5, 5.41) is 6.43. The van der Waals surface area contributed by atoms with Gasteiger partial charge in [-0.1, -0.05) is 22.9 Å². The van der Waals surface area contributed by atoms with E-state index in [1.165, 1.54) is 0 Å². The van der Waals surface area contributed by atoms with E-state index >= 15 is 0 Å². The number of hydrogen-bond donors (Lipinski definition) is 1. The molecule has 1 heterocycles. The fraction of sp³-hybridized carbons (Fsp3) is 0.286. The molecule has 0 aliphatic carbocycles. The highest BCUT2D eigenvalue weighted by molar-refractivity contribution is 7.84. The largest absolute Gasteiger partial charge is 0.360 e. The van der Waals surface area contributed by atoms with Crippen LogP contribution in [-0.2, 0) is 21.3 Å². The Bertz CT molecular complexity index is 620. The van der Waals surface area contributed by atoms with Crippen molar-refractivity contribution in [2.75, 3.05) is 11.1 Å². The fourth-order valence-electron chi connectivity index (χ4n) is 1.67. The average Bonchev–Trinajstić information content (AvgIpc) is 2.77. The van der Waals surface area contributed by atoms with Crippen molar-refractivity contribution in [2.24, 2.45) is 0 Å². The molecule has 1 aromatic heterocycles. The Kier molecular flexibility index (Phi) is 4.68. The molecule has 2 aromatic rings. The minimum Gasteiger partial charge on any atom is -0.360 e. The van der Waals surface area contributed by atoms with Crippen LogP contribution in [0.3, 0.4) is 0 Å². The third-order valence-corrected chi connectivity index (χ3v) is 3.80. The standard InChI is InChI=1S/C14H16N2O3S/c1-10-3-5-12(6-4-10)15-14(17)9-20(18)8-13-7-11(2)16-19-13/h3-7H,8-9H2,1-2H3,(H,15,17). The number of carbonyl (C=O) groups excluding carboxylic acids is 1. The van der Waals surface area contributed by atoms with Crippen molar-refractivity contribution in [3.8, 4) is 0 Å². The second kappa shape index (κ2) is 6.47. The molecule has 0 saturated carbocycles. The van der Waals surface area contributed by atoms with Gasteiger partial charge in [-0.3, -0.25) is 9.00 Å². The van der Waals surface area contributed by atoms with E-state index in [1.807, 2.05) is 31.2 Å². The van der Waals surface area contributed by atoms with E-state index in [-0.39, 0.29) is 17.4 Å². The van der Waals surface area contributed by atoms with Crippen LogP contribution >= 0.6 is 0 Å². The lowest BCUT2D eigenvalue weighted by Gasteiger charge is -2.05. The molecule has 0 radical (unpaired) electrons. The molecule has 1 atom stereocenters. The van der Waals surface area contributed by atoms with Gasteiger partial charge < -0.3 is 9.84 Å². The SMILES string of the molecule is Cc1ccc(NC(=O)CS(=O)Cc2cc(C)no2)cc1. The van der Waals surface area contributed by atoms with Crippen molar-refractivity contribution in [1.29, 1.82) is 0 Å². The molecule has 0 fully saturated rings. The van der Waals surface area contributed by atoms with E-state index in [1.54, 1.807) is 13.0 Å². The molecule has 1 unspecified atom stereocenters. The van der Waals surface area contributed by atoms with Gasteiger partial charge in [0.25, 0.3) is 0 Å². The molecular formula is C14H16N2O3S. The van der Waals surface area contributed by atoms with Gasteiger partial charge in [0, 0.05) is 22.6 Å². The van der Waals surface area contributed by atoms with Gasteiger partial charge in [-0.15, -0.1) is 0 Å². The van der Waals surface area contributed by atoms with E-state index in [4.69, 9.17) is 4.52 Å². The van der Waals surface area contributed by atoms with Gasteiger partial charge in [0.1, 0.15) is 11.5 Å². The summed E-state index contributed by atoms with van der Waals surface area (Å²) in [4.78, 5) is 11.8. The quantitative estimate of drug-likeness (QED) is 0.916. The summed E-state index contributed by atoms with van der Waals surface area (Å²) in [6.45, 7) is 3.76. The number of hydrogen-bond acceptors (Lipinski definition) is 4. The van der Waals surface area contributed by atoms with Crippen LogP contribution in [0.5, 0.6) is 0 Å². The number of aromatic nitrogens is 1. The molecule has 0 spiro atoms. The maximum atomic E-state index is 11.8. The van der Waals surface area contributed by atoms with Crippen LogP contribution in [0.2, 0.25) is 0 Å². The second-order valence-electron chi connectivity index (χ2n) is 4.58. The minimum atomic E-state index is -1.31. The molecule has 0 aliphatic heterocycles. The Morgan fingerprint density at radius 1 is 1.30 bits per heavy atom. The zero-order valence-corrected chi connectivity index (χ0v) is 12.2. The first-order chi connectivity index (χ1) is 9.52. The van der Waals surface area contributed by atoms with Gasteiger partial charge in [0.05, 0.1) is 11.4 Å². The van der Waals surface area contributed by atoms with Crippen LogP contribution < -0.4 is 5.32 Å². The average molecular weight is 292 g/mol. The first kappa shape index (κ1) is 14.5. The molecular weight excluding hydrogens is 276 g/mol. The molecule has 2 rings (SSSR count). The molecule has 6 heteroatoms. The number of amides is 1. The van der Waals surface area contributed by atoms with E-state index < -0.39 is 10.8 Å². The maximum absolute atomic E-state index is 11.8. The highest BCUT2D eigenvalue weighted by Gasteiger charge is 2.11. The molecule has 106 valence electrons. The molecule has 1 amide bonds. The first-order valence-electron chi connectivity index (χ1n) is 6.16. The summed E-state index contributed by atoms with van der Waals surface area (Å²) < 4.78 is 16.8. The summed E-state index contributed by atoms with van der Waals surface area (Å²) in [6, 6.07) is 9.16. The predicted octanol–water partition coefficient (Wildman–Crippen LogP) is 2.18. The van der Waals surface area contributed by atoms with Crippen LogP contribution in [-0.4, -0.2) is 21.0 Å². The van der Waals surface area contributed by atoms with Crippen molar-refractivity contribution in [3.05, 3.63) is 47.3 Å². The Labute approximate surface area is 119 Å². The fourth-order valence-corrected chi connectivity index (χ4v) is 2.59. The van der Waals surface area contributed by atoms with Crippen LogP contribution in [0.15, 0.2) is 34.9 Å². The lowest BCUT2D eigenvalue weighted by Crippen LogP contribution is -2.20. The topological polar surface area (TPSA) is 72.2 Å². The van der Waals surface area contributed by atoms with Gasteiger partial charge in [-0.05, 0) is 26.0 Å². The highest BCUT2D eigenvalue weighted by atomic mass is 32.2. The lowest BCUT2D eigenvalue weighted by atomic mass is 10.2. The normalized spacial score (nSPS) is 12.1. The lowest BCUT2D eigenvalue weighted by molar-refractivity contribution is -0.113. The Hall–Kier alpha value is -1.95. The Balaban J connectivity index is 1.84. The third-order valence-electron chi connectivity index (χ3n) is 2.61. The molecule has 5 nitrogen and oxygen atoms in total. The van der Waals surface area contributed by atoms with Gasteiger partial charge in [0.2, 0.25) is 5.91 Å².